The summed E-state index contributed by atoms with van der Waals surface area (Å²) in [7, 11) is 0. The van der Waals surface area contributed by atoms with Crippen molar-refractivity contribution >= 4 is 11.8 Å². The molecule has 4 nitrogen and oxygen atoms in total. The largest absolute Gasteiger partial charge is 0.349 e. The third kappa shape index (κ3) is 5.36. The van der Waals surface area contributed by atoms with Crippen LogP contribution >= 0.6 is 0 Å². The second kappa shape index (κ2) is 7.37. The molecule has 1 aromatic carbocycles. The van der Waals surface area contributed by atoms with Crippen LogP contribution in [0.3, 0.4) is 0 Å². The summed E-state index contributed by atoms with van der Waals surface area (Å²) in [4.78, 5) is 25.2. The standard InChI is InChI=1S/C20H32N2O2/c1-13(19(3,4)5)21-17(23)15-11-9-10-12-16(15)18(24)22-14(2)20(6,7)8/h9-14H,1-8H3,(H,21,23)(H,22,24). The molecule has 0 aliphatic heterocycles. The molecule has 0 heterocycles. The number of carbonyl (C=O) groups excluding carboxylic acids is 2. The Morgan fingerprint density at radius 1 is 0.750 bits per heavy atom. The SMILES string of the molecule is CC(NC(=O)c1ccccc1C(=O)NC(C)C(C)(C)C)C(C)(C)C. The number of hydrogen-bond acceptors (Lipinski definition) is 2. The van der Waals surface area contributed by atoms with E-state index in [0.29, 0.717) is 11.1 Å². The van der Waals surface area contributed by atoms with Gasteiger partial charge < -0.3 is 10.6 Å². The van der Waals surface area contributed by atoms with E-state index < -0.39 is 0 Å². The van der Waals surface area contributed by atoms with Crippen molar-refractivity contribution in [3.05, 3.63) is 35.4 Å². The van der Waals surface area contributed by atoms with Crippen molar-refractivity contribution in [2.45, 2.75) is 67.5 Å². The predicted octanol–water partition coefficient (Wildman–Crippen LogP) is 4.02. The highest BCUT2D eigenvalue weighted by Gasteiger charge is 2.26. The third-order valence-corrected chi connectivity index (χ3v) is 4.71. The van der Waals surface area contributed by atoms with E-state index in [1.807, 2.05) is 13.8 Å². The first kappa shape index (κ1) is 20.2. The molecule has 4 heteroatoms. The summed E-state index contributed by atoms with van der Waals surface area (Å²) in [6, 6.07) is 6.94. The van der Waals surface area contributed by atoms with E-state index in [1.165, 1.54) is 0 Å². The van der Waals surface area contributed by atoms with Gasteiger partial charge in [-0.05, 0) is 36.8 Å². The molecule has 0 saturated carbocycles. The first-order chi connectivity index (χ1) is 10.8. The van der Waals surface area contributed by atoms with Gasteiger partial charge in [-0.3, -0.25) is 9.59 Å². The van der Waals surface area contributed by atoms with Gasteiger partial charge in [-0.1, -0.05) is 53.7 Å². The van der Waals surface area contributed by atoms with Crippen molar-refractivity contribution in [3.63, 3.8) is 0 Å². The van der Waals surface area contributed by atoms with Gasteiger partial charge in [0, 0.05) is 12.1 Å². The number of hydrogen-bond donors (Lipinski definition) is 2. The Kier molecular flexibility index (Phi) is 6.20. The topological polar surface area (TPSA) is 58.2 Å². The molecule has 2 unspecified atom stereocenters. The molecule has 0 aliphatic carbocycles. The van der Waals surface area contributed by atoms with Gasteiger partial charge in [0.2, 0.25) is 0 Å². The van der Waals surface area contributed by atoms with Gasteiger partial charge in [0.25, 0.3) is 11.8 Å². The minimum Gasteiger partial charge on any atom is -0.349 e. The molecule has 0 spiro atoms. The fourth-order valence-electron chi connectivity index (χ4n) is 1.86. The fourth-order valence-corrected chi connectivity index (χ4v) is 1.86. The molecule has 0 fully saturated rings. The molecule has 2 N–H and O–H groups in total. The number of benzene rings is 1. The Balaban J connectivity index is 3.00. The van der Waals surface area contributed by atoms with Crippen molar-refractivity contribution in [2.24, 2.45) is 10.8 Å². The Morgan fingerprint density at radius 3 is 1.29 bits per heavy atom. The van der Waals surface area contributed by atoms with E-state index in [-0.39, 0.29) is 34.7 Å². The van der Waals surface area contributed by atoms with E-state index >= 15 is 0 Å². The highest BCUT2D eigenvalue weighted by Crippen LogP contribution is 2.21. The third-order valence-electron chi connectivity index (χ3n) is 4.71. The molecule has 0 radical (unpaired) electrons. The minimum absolute atomic E-state index is 0.00499. The lowest BCUT2D eigenvalue weighted by Crippen LogP contribution is -2.44. The van der Waals surface area contributed by atoms with Gasteiger partial charge in [0.05, 0.1) is 11.1 Å². The zero-order valence-electron chi connectivity index (χ0n) is 16.3. The zero-order chi connectivity index (χ0) is 18.7. The van der Waals surface area contributed by atoms with Crippen LogP contribution in [0.5, 0.6) is 0 Å². The molecule has 1 aromatic rings. The summed E-state index contributed by atoms with van der Waals surface area (Å²) < 4.78 is 0. The molecule has 24 heavy (non-hydrogen) atoms. The predicted molar refractivity (Wildman–Crippen MR) is 99.2 cm³/mol. The molecule has 1 rings (SSSR count). The molecule has 2 amide bonds. The molecule has 2 atom stereocenters. The summed E-state index contributed by atoms with van der Waals surface area (Å²) >= 11 is 0. The second-order valence-electron chi connectivity index (χ2n) is 8.67. The van der Waals surface area contributed by atoms with Crippen LogP contribution < -0.4 is 10.6 Å². The maximum atomic E-state index is 12.6. The maximum Gasteiger partial charge on any atom is 0.252 e. The van der Waals surface area contributed by atoms with Gasteiger partial charge in [0.15, 0.2) is 0 Å². The van der Waals surface area contributed by atoms with Crippen LogP contribution in [0.15, 0.2) is 24.3 Å². The fraction of sp³-hybridized carbons (Fsp3) is 0.600. The molecule has 0 aliphatic rings. The average Bonchev–Trinajstić information content (AvgIpc) is 2.45. The molecular formula is C20H32N2O2. The van der Waals surface area contributed by atoms with Crippen LogP contribution in [0.1, 0.15) is 76.1 Å². The summed E-state index contributed by atoms with van der Waals surface area (Å²) in [5, 5.41) is 5.99. The van der Waals surface area contributed by atoms with Gasteiger partial charge in [-0.15, -0.1) is 0 Å². The molecule has 0 aromatic heterocycles. The van der Waals surface area contributed by atoms with Gasteiger partial charge in [-0.25, -0.2) is 0 Å². The monoisotopic (exact) mass is 332 g/mol. The number of amides is 2. The highest BCUT2D eigenvalue weighted by atomic mass is 16.2. The molecule has 134 valence electrons. The van der Waals surface area contributed by atoms with Crippen molar-refractivity contribution in [1.29, 1.82) is 0 Å². The normalized spacial score (nSPS) is 14.7. The lowest BCUT2D eigenvalue weighted by molar-refractivity contribution is 0.0875. The van der Waals surface area contributed by atoms with Crippen LogP contribution in [0, 0.1) is 10.8 Å². The highest BCUT2D eigenvalue weighted by molar-refractivity contribution is 6.07. The quantitative estimate of drug-likeness (QED) is 0.875. The van der Waals surface area contributed by atoms with Crippen molar-refractivity contribution < 1.29 is 9.59 Å². The van der Waals surface area contributed by atoms with E-state index in [1.54, 1.807) is 24.3 Å². The molecule has 0 bridgehead atoms. The first-order valence-electron chi connectivity index (χ1n) is 8.54. The van der Waals surface area contributed by atoms with E-state index in [2.05, 4.69) is 52.2 Å². The van der Waals surface area contributed by atoms with Crippen LogP contribution in [-0.2, 0) is 0 Å². The Labute approximate surface area is 146 Å². The average molecular weight is 332 g/mol. The number of nitrogens with one attached hydrogen (secondary N) is 2. The van der Waals surface area contributed by atoms with Crippen molar-refractivity contribution in [2.75, 3.05) is 0 Å². The summed E-state index contributed by atoms with van der Waals surface area (Å²) in [6.07, 6.45) is 0. The van der Waals surface area contributed by atoms with Crippen LogP contribution in [0.25, 0.3) is 0 Å². The van der Waals surface area contributed by atoms with Gasteiger partial charge in [-0.2, -0.15) is 0 Å². The van der Waals surface area contributed by atoms with Gasteiger partial charge in [0.1, 0.15) is 0 Å². The summed E-state index contributed by atoms with van der Waals surface area (Å²) in [5.74, 6) is -0.432. The molecule has 0 saturated heterocycles. The van der Waals surface area contributed by atoms with Crippen LogP contribution in [0.2, 0.25) is 0 Å². The molecular weight excluding hydrogens is 300 g/mol. The lowest BCUT2D eigenvalue weighted by Gasteiger charge is -2.29. The van der Waals surface area contributed by atoms with E-state index in [4.69, 9.17) is 0 Å². The van der Waals surface area contributed by atoms with Crippen LogP contribution in [-0.4, -0.2) is 23.9 Å². The van der Waals surface area contributed by atoms with Crippen molar-refractivity contribution in [1.82, 2.24) is 10.6 Å². The van der Waals surface area contributed by atoms with Gasteiger partial charge >= 0.3 is 0 Å². The first-order valence-corrected chi connectivity index (χ1v) is 8.54. The zero-order valence-corrected chi connectivity index (χ0v) is 16.3. The number of rotatable bonds is 4. The van der Waals surface area contributed by atoms with E-state index in [9.17, 15) is 9.59 Å². The lowest BCUT2D eigenvalue weighted by atomic mass is 9.87. The number of carbonyl (C=O) groups is 2. The summed E-state index contributed by atoms with van der Waals surface area (Å²) in [6.45, 7) is 16.4. The Morgan fingerprint density at radius 2 is 1.04 bits per heavy atom. The second-order valence-corrected chi connectivity index (χ2v) is 8.67. The van der Waals surface area contributed by atoms with Crippen molar-refractivity contribution in [3.8, 4) is 0 Å². The summed E-state index contributed by atoms with van der Waals surface area (Å²) in [5.41, 5.74) is 0.723. The smallest absolute Gasteiger partial charge is 0.252 e. The van der Waals surface area contributed by atoms with Crippen LogP contribution in [0.4, 0.5) is 0 Å². The maximum absolute atomic E-state index is 12.6. The van der Waals surface area contributed by atoms with E-state index in [0.717, 1.165) is 0 Å². The Hall–Kier alpha value is -1.84. The minimum atomic E-state index is -0.216. The Bertz CT molecular complexity index is 541.